The third-order valence-electron chi connectivity index (χ3n) is 5.62. The van der Waals surface area contributed by atoms with E-state index in [1.807, 2.05) is 32.8 Å². The lowest BCUT2D eigenvalue weighted by Crippen LogP contribution is -2.52. The first kappa shape index (κ1) is 18.0. The van der Waals surface area contributed by atoms with E-state index in [4.69, 9.17) is 0 Å². The highest BCUT2D eigenvalue weighted by Gasteiger charge is 2.29. The molecule has 2 fully saturated rings. The predicted molar refractivity (Wildman–Crippen MR) is 102 cm³/mol. The first-order valence-corrected chi connectivity index (χ1v) is 9.69. The van der Waals surface area contributed by atoms with E-state index in [1.165, 1.54) is 6.07 Å². The molecule has 1 aromatic carbocycles. The van der Waals surface area contributed by atoms with Gasteiger partial charge in [0.2, 0.25) is 5.91 Å². The Morgan fingerprint density at radius 2 is 1.93 bits per heavy atom. The van der Waals surface area contributed by atoms with Gasteiger partial charge in [0.1, 0.15) is 5.82 Å². The first-order chi connectivity index (χ1) is 13.2. The van der Waals surface area contributed by atoms with Crippen molar-refractivity contribution in [2.45, 2.75) is 25.4 Å². The summed E-state index contributed by atoms with van der Waals surface area (Å²) < 4.78 is 15.9. The van der Waals surface area contributed by atoms with Gasteiger partial charge in [-0.1, -0.05) is 12.1 Å². The molecule has 2 aliphatic heterocycles. The Kier molecular flexibility index (Phi) is 5.38. The monoisotopic (exact) mass is 371 g/mol. The third-order valence-corrected chi connectivity index (χ3v) is 5.62. The molecule has 2 saturated heterocycles. The van der Waals surface area contributed by atoms with Crippen LogP contribution >= 0.6 is 0 Å². The smallest absolute Gasteiger partial charge is 0.236 e. The van der Waals surface area contributed by atoms with Gasteiger partial charge >= 0.3 is 0 Å². The topological polar surface area (TPSA) is 44.6 Å². The number of likely N-dealkylation sites (tertiary alicyclic amines) is 1. The van der Waals surface area contributed by atoms with Crippen LogP contribution in [0.15, 0.2) is 42.7 Å². The Bertz CT molecular complexity index is 757. The van der Waals surface area contributed by atoms with E-state index in [0.717, 1.165) is 25.9 Å². The van der Waals surface area contributed by atoms with E-state index in [2.05, 4.69) is 10.00 Å². The molecule has 27 heavy (non-hydrogen) atoms. The molecule has 0 spiro atoms. The molecule has 7 heteroatoms. The van der Waals surface area contributed by atoms with Crippen LogP contribution in [0.25, 0.3) is 0 Å². The molecule has 1 amide bonds. The predicted octanol–water partition coefficient (Wildman–Crippen LogP) is 1.84. The SMILES string of the molecule is O=C(CN1CCC[C@@H]1Cn1cccn1)N1CCN(c2ccccc2F)CC1. The molecular weight excluding hydrogens is 345 g/mol. The second-order valence-electron chi connectivity index (χ2n) is 7.31. The molecule has 6 nitrogen and oxygen atoms in total. The van der Waals surface area contributed by atoms with E-state index < -0.39 is 0 Å². The molecule has 1 aromatic heterocycles. The van der Waals surface area contributed by atoms with Crippen molar-refractivity contribution >= 4 is 11.6 Å². The van der Waals surface area contributed by atoms with Gasteiger partial charge in [0.05, 0.1) is 18.8 Å². The number of nitrogens with zero attached hydrogens (tertiary/aromatic N) is 5. The van der Waals surface area contributed by atoms with Gasteiger partial charge in [0.25, 0.3) is 0 Å². The van der Waals surface area contributed by atoms with Crippen LogP contribution in [0.5, 0.6) is 0 Å². The van der Waals surface area contributed by atoms with Gasteiger partial charge in [-0.25, -0.2) is 4.39 Å². The fraction of sp³-hybridized carbons (Fsp3) is 0.500. The van der Waals surface area contributed by atoms with Crippen LogP contribution in [0.4, 0.5) is 10.1 Å². The van der Waals surface area contributed by atoms with E-state index in [-0.39, 0.29) is 11.7 Å². The summed E-state index contributed by atoms with van der Waals surface area (Å²) in [5.41, 5.74) is 0.628. The summed E-state index contributed by atoms with van der Waals surface area (Å²) in [6.45, 7) is 4.89. The number of halogens is 1. The second kappa shape index (κ2) is 8.08. The number of anilines is 1. The molecular formula is C20H26FN5O. The lowest BCUT2D eigenvalue weighted by atomic mass is 10.2. The molecule has 0 saturated carbocycles. The van der Waals surface area contributed by atoms with Crippen LogP contribution in [-0.2, 0) is 11.3 Å². The molecule has 2 aromatic rings. The molecule has 144 valence electrons. The summed E-state index contributed by atoms with van der Waals surface area (Å²) in [5.74, 6) is -0.0219. The van der Waals surface area contributed by atoms with Crippen molar-refractivity contribution in [2.24, 2.45) is 0 Å². The number of carbonyl (C=O) groups is 1. The van der Waals surface area contributed by atoms with Crippen LogP contribution in [0, 0.1) is 5.82 Å². The van der Waals surface area contributed by atoms with Crippen LogP contribution in [0.3, 0.4) is 0 Å². The molecule has 4 rings (SSSR count). The minimum Gasteiger partial charge on any atom is -0.366 e. The van der Waals surface area contributed by atoms with Crippen LogP contribution < -0.4 is 4.90 Å². The Balaban J connectivity index is 1.30. The minimum absolute atomic E-state index is 0.176. The second-order valence-corrected chi connectivity index (χ2v) is 7.31. The highest BCUT2D eigenvalue weighted by Crippen LogP contribution is 2.21. The van der Waals surface area contributed by atoms with E-state index in [1.54, 1.807) is 18.3 Å². The van der Waals surface area contributed by atoms with E-state index in [9.17, 15) is 9.18 Å². The maximum Gasteiger partial charge on any atom is 0.236 e. The Morgan fingerprint density at radius 3 is 2.67 bits per heavy atom. The summed E-state index contributed by atoms with van der Waals surface area (Å²) in [5, 5.41) is 4.29. The number of hydrogen-bond acceptors (Lipinski definition) is 4. The Morgan fingerprint density at radius 1 is 1.11 bits per heavy atom. The summed E-state index contributed by atoms with van der Waals surface area (Å²) >= 11 is 0. The zero-order valence-electron chi connectivity index (χ0n) is 15.5. The van der Waals surface area contributed by atoms with Crippen molar-refractivity contribution in [1.82, 2.24) is 19.6 Å². The fourth-order valence-corrected chi connectivity index (χ4v) is 4.11. The van der Waals surface area contributed by atoms with Crippen molar-refractivity contribution in [3.8, 4) is 0 Å². The van der Waals surface area contributed by atoms with Gasteiger partial charge in [-0.15, -0.1) is 0 Å². The molecule has 0 aliphatic carbocycles. The normalized spacial score (nSPS) is 21.0. The van der Waals surface area contributed by atoms with Crippen molar-refractivity contribution in [3.05, 3.63) is 48.5 Å². The average Bonchev–Trinajstić information content (AvgIpc) is 3.35. The van der Waals surface area contributed by atoms with Crippen molar-refractivity contribution in [3.63, 3.8) is 0 Å². The number of hydrogen-bond donors (Lipinski definition) is 0. The van der Waals surface area contributed by atoms with Gasteiger partial charge in [-0.05, 0) is 37.6 Å². The molecule has 0 unspecified atom stereocenters. The first-order valence-electron chi connectivity index (χ1n) is 9.69. The number of amides is 1. The number of para-hydroxylation sites is 1. The fourth-order valence-electron chi connectivity index (χ4n) is 4.11. The van der Waals surface area contributed by atoms with Crippen LogP contribution in [0.1, 0.15) is 12.8 Å². The molecule has 1 atom stereocenters. The number of piperazine rings is 1. The minimum atomic E-state index is -0.198. The van der Waals surface area contributed by atoms with E-state index in [0.29, 0.717) is 44.5 Å². The Labute approximate surface area is 159 Å². The van der Waals surface area contributed by atoms with Gasteiger partial charge in [0.15, 0.2) is 0 Å². The van der Waals surface area contributed by atoms with Gasteiger partial charge in [0, 0.05) is 44.6 Å². The average molecular weight is 371 g/mol. The lowest BCUT2D eigenvalue weighted by molar-refractivity contribution is -0.133. The standard InChI is InChI=1S/C20H26FN5O/c21-18-6-1-2-7-19(18)23-11-13-24(14-12-23)20(27)16-25-9-3-5-17(25)15-26-10-4-8-22-26/h1-2,4,6-8,10,17H,3,5,9,11-16H2/t17-/m1/s1. The highest BCUT2D eigenvalue weighted by molar-refractivity contribution is 5.78. The maximum atomic E-state index is 14.0. The largest absolute Gasteiger partial charge is 0.366 e. The molecule has 0 radical (unpaired) electrons. The highest BCUT2D eigenvalue weighted by atomic mass is 19.1. The summed E-state index contributed by atoms with van der Waals surface area (Å²) in [7, 11) is 0. The summed E-state index contributed by atoms with van der Waals surface area (Å²) in [6, 6.07) is 9.14. The number of benzene rings is 1. The third kappa shape index (κ3) is 4.13. The number of carbonyl (C=O) groups excluding carboxylic acids is 1. The molecule has 2 aliphatic rings. The zero-order valence-corrected chi connectivity index (χ0v) is 15.5. The summed E-state index contributed by atoms with van der Waals surface area (Å²) in [6.07, 6.45) is 5.99. The van der Waals surface area contributed by atoms with Crippen molar-refractivity contribution in [2.75, 3.05) is 44.2 Å². The molecule has 0 bridgehead atoms. The van der Waals surface area contributed by atoms with Crippen molar-refractivity contribution in [1.29, 1.82) is 0 Å². The maximum absolute atomic E-state index is 14.0. The summed E-state index contributed by atoms with van der Waals surface area (Å²) in [4.78, 5) is 19.0. The quantitative estimate of drug-likeness (QED) is 0.805. The van der Waals surface area contributed by atoms with Crippen LogP contribution in [-0.4, -0.2) is 70.8 Å². The van der Waals surface area contributed by atoms with Crippen molar-refractivity contribution < 1.29 is 9.18 Å². The Hall–Kier alpha value is -2.41. The van der Waals surface area contributed by atoms with E-state index >= 15 is 0 Å². The van der Waals surface area contributed by atoms with Gasteiger partial charge in [-0.2, -0.15) is 5.10 Å². The lowest BCUT2D eigenvalue weighted by Gasteiger charge is -2.37. The van der Waals surface area contributed by atoms with Crippen LogP contribution in [0.2, 0.25) is 0 Å². The molecule has 3 heterocycles. The molecule has 0 N–H and O–H groups in total. The number of aromatic nitrogens is 2. The number of rotatable bonds is 5. The van der Waals surface area contributed by atoms with Gasteiger partial charge in [-0.3, -0.25) is 14.4 Å². The zero-order chi connectivity index (χ0) is 18.6. The van der Waals surface area contributed by atoms with Gasteiger partial charge < -0.3 is 9.80 Å².